The molecular formula is C13H27N3O2. The van der Waals surface area contributed by atoms with Crippen LogP contribution in [0.5, 0.6) is 0 Å². The molecule has 5 heteroatoms. The molecule has 5 nitrogen and oxygen atoms in total. The minimum Gasteiger partial charge on any atom is -0.468 e. The molecule has 0 aromatic rings. The molecule has 1 heterocycles. The normalized spacial score (nSPS) is 20.7. The predicted molar refractivity (Wildman–Crippen MR) is 72.3 cm³/mol. The first-order valence-electron chi connectivity index (χ1n) is 6.58. The van der Waals surface area contributed by atoms with E-state index in [0.29, 0.717) is 6.42 Å². The summed E-state index contributed by atoms with van der Waals surface area (Å²) in [4.78, 5) is 16.1. The number of nitrogens with zero attached hydrogens (tertiary/aromatic N) is 2. The molecule has 1 atom stereocenters. The molecule has 0 spiro atoms. The summed E-state index contributed by atoms with van der Waals surface area (Å²) < 4.78 is 4.68. The highest BCUT2D eigenvalue weighted by Crippen LogP contribution is 2.24. The van der Waals surface area contributed by atoms with Gasteiger partial charge >= 0.3 is 5.97 Å². The number of hydrogen-bond acceptors (Lipinski definition) is 5. The summed E-state index contributed by atoms with van der Waals surface area (Å²) >= 11 is 0. The van der Waals surface area contributed by atoms with Crippen LogP contribution in [0, 0.1) is 5.41 Å². The third kappa shape index (κ3) is 4.92. The van der Waals surface area contributed by atoms with Gasteiger partial charge in [-0.15, -0.1) is 0 Å². The molecule has 0 amide bonds. The number of carbonyl (C=O) groups excluding carboxylic acids is 1. The van der Waals surface area contributed by atoms with Gasteiger partial charge < -0.3 is 20.3 Å². The summed E-state index contributed by atoms with van der Waals surface area (Å²) in [5, 5.41) is 0. The van der Waals surface area contributed by atoms with Crippen molar-refractivity contribution in [1.29, 1.82) is 0 Å². The Hall–Kier alpha value is -0.650. The number of methoxy groups -OCH3 is 1. The lowest BCUT2D eigenvalue weighted by Crippen LogP contribution is -2.49. The molecule has 2 N–H and O–H groups in total. The maximum Gasteiger partial charge on any atom is 0.322 e. The highest BCUT2D eigenvalue weighted by Gasteiger charge is 2.28. The molecule has 0 aromatic heterocycles. The first kappa shape index (κ1) is 15.4. The molecule has 0 aromatic carbocycles. The fourth-order valence-electron chi connectivity index (χ4n) is 2.51. The molecule has 1 fully saturated rings. The van der Waals surface area contributed by atoms with E-state index in [2.05, 4.69) is 35.4 Å². The average Bonchev–Trinajstić information content (AvgIpc) is 2.30. The van der Waals surface area contributed by atoms with Crippen LogP contribution in [0.2, 0.25) is 0 Å². The van der Waals surface area contributed by atoms with E-state index in [1.807, 2.05) is 0 Å². The largest absolute Gasteiger partial charge is 0.468 e. The molecule has 1 aliphatic rings. The van der Waals surface area contributed by atoms with E-state index >= 15 is 0 Å². The zero-order chi connectivity index (χ0) is 13.8. The Bertz CT molecular complexity index is 273. The Morgan fingerprint density at radius 3 is 2.39 bits per heavy atom. The number of nitrogens with two attached hydrogens (primary N) is 1. The van der Waals surface area contributed by atoms with Gasteiger partial charge in [0, 0.05) is 32.7 Å². The molecule has 1 rings (SSSR count). The summed E-state index contributed by atoms with van der Waals surface area (Å²) in [5.41, 5.74) is 5.87. The Morgan fingerprint density at radius 1 is 1.33 bits per heavy atom. The molecule has 0 aliphatic carbocycles. The van der Waals surface area contributed by atoms with Crippen molar-refractivity contribution in [3.05, 3.63) is 0 Å². The van der Waals surface area contributed by atoms with Crippen LogP contribution in [0.4, 0.5) is 0 Å². The van der Waals surface area contributed by atoms with Gasteiger partial charge in [-0.05, 0) is 18.9 Å². The Morgan fingerprint density at radius 2 is 1.89 bits per heavy atom. The fraction of sp³-hybridized carbons (Fsp3) is 0.923. The number of esters is 1. The van der Waals surface area contributed by atoms with E-state index < -0.39 is 6.04 Å². The van der Waals surface area contributed by atoms with Crippen LogP contribution in [0.15, 0.2) is 0 Å². The summed E-state index contributed by atoms with van der Waals surface area (Å²) in [7, 11) is 3.53. The van der Waals surface area contributed by atoms with E-state index in [-0.39, 0.29) is 11.4 Å². The third-order valence-electron chi connectivity index (χ3n) is 3.52. The summed E-state index contributed by atoms with van der Waals surface area (Å²) in [6, 6.07) is -0.516. The maximum atomic E-state index is 11.4. The molecule has 1 saturated heterocycles. The lowest BCUT2D eigenvalue weighted by atomic mass is 9.85. The third-order valence-corrected chi connectivity index (χ3v) is 3.52. The number of carbonyl (C=O) groups is 1. The van der Waals surface area contributed by atoms with Crippen molar-refractivity contribution in [3.63, 3.8) is 0 Å². The van der Waals surface area contributed by atoms with Crippen LogP contribution >= 0.6 is 0 Å². The molecule has 0 radical (unpaired) electrons. The summed E-state index contributed by atoms with van der Waals surface area (Å²) in [5.74, 6) is -0.318. The van der Waals surface area contributed by atoms with E-state index in [0.717, 1.165) is 32.7 Å². The smallest absolute Gasteiger partial charge is 0.322 e. The zero-order valence-corrected chi connectivity index (χ0v) is 12.1. The van der Waals surface area contributed by atoms with Crippen LogP contribution in [0.25, 0.3) is 0 Å². The molecule has 0 saturated carbocycles. The second-order valence-corrected chi connectivity index (χ2v) is 6.08. The summed E-state index contributed by atoms with van der Waals surface area (Å²) in [6.45, 7) is 9.70. The second-order valence-electron chi connectivity index (χ2n) is 6.08. The number of likely N-dealkylation sites (N-methyl/N-ethyl adjacent to an activating group) is 1. The van der Waals surface area contributed by atoms with Crippen molar-refractivity contribution in [2.75, 3.05) is 46.9 Å². The number of rotatable bonds is 5. The standard InChI is InChI=1S/C13H27N3O2/c1-13(2,9-11(14)12(17)18-4)10-16-7-5-15(3)6-8-16/h11H,5-10,14H2,1-4H3. The van der Waals surface area contributed by atoms with E-state index in [4.69, 9.17) is 5.73 Å². The zero-order valence-electron chi connectivity index (χ0n) is 12.1. The first-order valence-corrected chi connectivity index (χ1v) is 6.58. The lowest BCUT2D eigenvalue weighted by Gasteiger charge is -2.38. The lowest BCUT2D eigenvalue weighted by molar-refractivity contribution is -0.143. The fourth-order valence-corrected chi connectivity index (χ4v) is 2.51. The highest BCUT2D eigenvalue weighted by molar-refractivity contribution is 5.75. The summed E-state index contributed by atoms with van der Waals surface area (Å²) in [6.07, 6.45) is 0.659. The van der Waals surface area contributed by atoms with Gasteiger partial charge in [0.2, 0.25) is 0 Å². The van der Waals surface area contributed by atoms with Crippen molar-refractivity contribution in [2.45, 2.75) is 26.3 Å². The van der Waals surface area contributed by atoms with Gasteiger partial charge in [0.05, 0.1) is 7.11 Å². The monoisotopic (exact) mass is 257 g/mol. The van der Waals surface area contributed by atoms with Gasteiger partial charge in [0.1, 0.15) is 6.04 Å². The number of hydrogen-bond donors (Lipinski definition) is 1. The quantitative estimate of drug-likeness (QED) is 0.711. The van der Waals surface area contributed by atoms with Crippen molar-refractivity contribution in [3.8, 4) is 0 Å². The molecular weight excluding hydrogens is 230 g/mol. The average molecular weight is 257 g/mol. The van der Waals surface area contributed by atoms with Crippen LogP contribution in [0.1, 0.15) is 20.3 Å². The first-order chi connectivity index (χ1) is 8.34. The molecule has 106 valence electrons. The van der Waals surface area contributed by atoms with Gasteiger partial charge in [0.15, 0.2) is 0 Å². The van der Waals surface area contributed by atoms with Crippen LogP contribution in [0.3, 0.4) is 0 Å². The van der Waals surface area contributed by atoms with Crippen molar-refractivity contribution in [2.24, 2.45) is 11.1 Å². The second kappa shape index (κ2) is 6.50. The van der Waals surface area contributed by atoms with E-state index in [9.17, 15) is 4.79 Å². The Labute approximate surface area is 110 Å². The van der Waals surface area contributed by atoms with E-state index in [1.54, 1.807) is 0 Å². The number of ether oxygens (including phenoxy) is 1. The van der Waals surface area contributed by atoms with Crippen LogP contribution in [-0.4, -0.2) is 68.7 Å². The Kier molecular flexibility index (Phi) is 5.56. The van der Waals surface area contributed by atoms with Gasteiger partial charge in [-0.1, -0.05) is 13.8 Å². The van der Waals surface area contributed by atoms with Gasteiger partial charge in [-0.3, -0.25) is 4.79 Å². The molecule has 1 unspecified atom stereocenters. The van der Waals surface area contributed by atoms with Crippen molar-refractivity contribution >= 4 is 5.97 Å². The topological polar surface area (TPSA) is 58.8 Å². The van der Waals surface area contributed by atoms with Gasteiger partial charge in [-0.25, -0.2) is 0 Å². The SMILES string of the molecule is COC(=O)C(N)CC(C)(C)CN1CCN(C)CC1. The maximum absolute atomic E-state index is 11.4. The van der Waals surface area contributed by atoms with Crippen LogP contribution in [-0.2, 0) is 9.53 Å². The minimum atomic E-state index is -0.516. The van der Waals surface area contributed by atoms with Gasteiger partial charge in [0.25, 0.3) is 0 Å². The molecule has 0 bridgehead atoms. The van der Waals surface area contributed by atoms with Crippen molar-refractivity contribution < 1.29 is 9.53 Å². The van der Waals surface area contributed by atoms with Gasteiger partial charge in [-0.2, -0.15) is 0 Å². The molecule has 18 heavy (non-hydrogen) atoms. The number of piperazine rings is 1. The molecule has 1 aliphatic heterocycles. The van der Waals surface area contributed by atoms with Crippen LogP contribution < -0.4 is 5.73 Å². The van der Waals surface area contributed by atoms with E-state index in [1.165, 1.54) is 7.11 Å². The minimum absolute atomic E-state index is 0.0313. The predicted octanol–water partition coefficient (Wildman–Crippen LogP) is 0.150. The van der Waals surface area contributed by atoms with Crippen molar-refractivity contribution in [1.82, 2.24) is 9.80 Å². The highest BCUT2D eigenvalue weighted by atomic mass is 16.5. The Balaban J connectivity index is 2.41.